The Morgan fingerprint density at radius 2 is 2.06 bits per heavy atom. The maximum absolute atomic E-state index is 13.8. The van der Waals surface area contributed by atoms with Gasteiger partial charge in [-0.05, 0) is 43.4 Å². The first-order chi connectivity index (χ1) is 8.17. The third kappa shape index (κ3) is 2.79. The summed E-state index contributed by atoms with van der Waals surface area (Å²) < 4.78 is 19.1. The van der Waals surface area contributed by atoms with Gasteiger partial charge in [-0.2, -0.15) is 0 Å². The van der Waals surface area contributed by atoms with E-state index in [1.807, 2.05) is 0 Å². The molecule has 2 rings (SSSR count). The first kappa shape index (κ1) is 12.8. The van der Waals surface area contributed by atoms with Crippen LogP contribution in [0.3, 0.4) is 0 Å². The molecule has 1 fully saturated rings. The van der Waals surface area contributed by atoms with E-state index in [9.17, 15) is 4.39 Å². The topological polar surface area (TPSA) is 35.2 Å². The zero-order chi connectivity index (χ0) is 12.3. The Hall–Kier alpha value is -0.640. The summed E-state index contributed by atoms with van der Waals surface area (Å²) in [7, 11) is 0. The van der Waals surface area contributed by atoms with Crippen molar-refractivity contribution < 1.29 is 9.13 Å². The zero-order valence-corrected chi connectivity index (χ0v) is 10.5. The summed E-state index contributed by atoms with van der Waals surface area (Å²) in [4.78, 5) is 0. The molecule has 4 heteroatoms. The SMILES string of the molecule is NCC1(Cc2c(F)cccc2Cl)CCOCC1. The number of hydrogen-bond donors (Lipinski definition) is 1. The monoisotopic (exact) mass is 257 g/mol. The average molecular weight is 258 g/mol. The average Bonchev–Trinajstić information content (AvgIpc) is 2.35. The Labute approximate surface area is 106 Å². The molecule has 0 amide bonds. The van der Waals surface area contributed by atoms with Crippen molar-refractivity contribution in [2.24, 2.45) is 11.1 Å². The molecule has 1 saturated heterocycles. The van der Waals surface area contributed by atoms with E-state index in [0.29, 0.717) is 36.8 Å². The molecule has 17 heavy (non-hydrogen) atoms. The number of ether oxygens (including phenoxy) is 1. The molecule has 1 heterocycles. The highest BCUT2D eigenvalue weighted by atomic mass is 35.5. The summed E-state index contributed by atoms with van der Waals surface area (Å²) in [6.45, 7) is 1.94. The molecule has 2 nitrogen and oxygen atoms in total. The molecule has 94 valence electrons. The summed E-state index contributed by atoms with van der Waals surface area (Å²) >= 11 is 6.06. The molecule has 2 N–H and O–H groups in total. The minimum atomic E-state index is -0.239. The molecule has 0 spiro atoms. The number of halogens is 2. The van der Waals surface area contributed by atoms with Gasteiger partial charge in [0.15, 0.2) is 0 Å². The van der Waals surface area contributed by atoms with E-state index in [1.165, 1.54) is 6.07 Å². The Morgan fingerprint density at radius 3 is 2.65 bits per heavy atom. The van der Waals surface area contributed by atoms with Crippen LogP contribution in [0.4, 0.5) is 4.39 Å². The van der Waals surface area contributed by atoms with Crippen molar-refractivity contribution in [3.63, 3.8) is 0 Å². The Balaban J connectivity index is 2.23. The van der Waals surface area contributed by atoms with E-state index in [0.717, 1.165) is 12.8 Å². The van der Waals surface area contributed by atoms with E-state index in [4.69, 9.17) is 22.1 Å². The van der Waals surface area contributed by atoms with E-state index in [2.05, 4.69) is 0 Å². The van der Waals surface area contributed by atoms with E-state index in [1.54, 1.807) is 12.1 Å². The lowest BCUT2D eigenvalue weighted by molar-refractivity contribution is 0.0188. The van der Waals surface area contributed by atoms with E-state index < -0.39 is 0 Å². The molecule has 0 atom stereocenters. The van der Waals surface area contributed by atoms with Crippen molar-refractivity contribution in [2.75, 3.05) is 19.8 Å². The minimum Gasteiger partial charge on any atom is -0.381 e. The van der Waals surface area contributed by atoms with Gasteiger partial charge in [0, 0.05) is 23.8 Å². The highest BCUT2D eigenvalue weighted by Crippen LogP contribution is 2.36. The normalized spacial score (nSPS) is 19.2. The van der Waals surface area contributed by atoms with Crippen LogP contribution in [0.15, 0.2) is 18.2 Å². The fourth-order valence-electron chi connectivity index (χ4n) is 2.33. The molecule has 1 aliphatic heterocycles. The fourth-order valence-corrected chi connectivity index (χ4v) is 2.56. The quantitative estimate of drug-likeness (QED) is 0.904. The number of nitrogens with two attached hydrogens (primary N) is 1. The summed E-state index contributed by atoms with van der Waals surface area (Å²) in [5.74, 6) is -0.239. The van der Waals surface area contributed by atoms with Crippen molar-refractivity contribution in [2.45, 2.75) is 19.3 Å². The molecule has 0 aliphatic carbocycles. The second kappa shape index (κ2) is 5.34. The van der Waals surface area contributed by atoms with E-state index >= 15 is 0 Å². The number of hydrogen-bond acceptors (Lipinski definition) is 2. The van der Waals surface area contributed by atoms with E-state index in [-0.39, 0.29) is 11.2 Å². The van der Waals surface area contributed by atoms with Gasteiger partial charge >= 0.3 is 0 Å². The van der Waals surface area contributed by atoms with Gasteiger partial charge in [-0.1, -0.05) is 17.7 Å². The molecule has 1 aromatic carbocycles. The molecule has 1 aromatic rings. The van der Waals surface area contributed by atoms with Crippen LogP contribution in [0.2, 0.25) is 5.02 Å². The van der Waals surface area contributed by atoms with Crippen molar-refractivity contribution in [3.05, 3.63) is 34.6 Å². The van der Waals surface area contributed by atoms with Gasteiger partial charge in [0.05, 0.1) is 0 Å². The highest BCUT2D eigenvalue weighted by Gasteiger charge is 2.32. The van der Waals surface area contributed by atoms with Crippen LogP contribution >= 0.6 is 11.6 Å². The van der Waals surface area contributed by atoms with Crippen molar-refractivity contribution in [1.29, 1.82) is 0 Å². The summed E-state index contributed by atoms with van der Waals surface area (Å²) in [5.41, 5.74) is 6.38. The van der Waals surface area contributed by atoms with Crippen LogP contribution in [0.5, 0.6) is 0 Å². The van der Waals surface area contributed by atoms with Gasteiger partial charge in [0.2, 0.25) is 0 Å². The lowest BCUT2D eigenvalue weighted by atomic mass is 9.75. The van der Waals surface area contributed by atoms with Gasteiger partial charge in [-0.3, -0.25) is 0 Å². The third-order valence-corrected chi connectivity index (χ3v) is 3.95. The largest absolute Gasteiger partial charge is 0.381 e. The Bertz CT molecular complexity index is 371. The molecular formula is C13H17ClFNO. The van der Waals surface area contributed by atoms with Crippen molar-refractivity contribution in [1.82, 2.24) is 0 Å². The predicted octanol–water partition coefficient (Wildman–Crippen LogP) is 2.78. The molecule has 0 unspecified atom stereocenters. The lowest BCUT2D eigenvalue weighted by Crippen LogP contribution is -2.38. The van der Waals surface area contributed by atoms with Crippen molar-refractivity contribution >= 4 is 11.6 Å². The number of rotatable bonds is 3. The summed E-state index contributed by atoms with van der Waals surface area (Å²) in [6, 6.07) is 4.80. The van der Waals surface area contributed by atoms with Gasteiger partial charge < -0.3 is 10.5 Å². The fraction of sp³-hybridized carbons (Fsp3) is 0.538. The summed E-state index contributed by atoms with van der Waals surface area (Å²) in [5, 5.41) is 0.490. The van der Waals surface area contributed by atoms with Gasteiger partial charge in [-0.15, -0.1) is 0 Å². The second-order valence-corrected chi connectivity index (χ2v) is 5.10. The molecular weight excluding hydrogens is 241 g/mol. The molecule has 0 aromatic heterocycles. The lowest BCUT2D eigenvalue weighted by Gasteiger charge is -2.36. The minimum absolute atomic E-state index is 0.0654. The van der Waals surface area contributed by atoms with Crippen LogP contribution in [0.25, 0.3) is 0 Å². The van der Waals surface area contributed by atoms with Crippen LogP contribution in [0, 0.1) is 11.2 Å². The van der Waals surface area contributed by atoms with Crippen molar-refractivity contribution in [3.8, 4) is 0 Å². The third-order valence-electron chi connectivity index (χ3n) is 3.60. The first-order valence-electron chi connectivity index (χ1n) is 5.88. The second-order valence-electron chi connectivity index (χ2n) is 4.69. The van der Waals surface area contributed by atoms with Gasteiger partial charge in [0.25, 0.3) is 0 Å². The van der Waals surface area contributed by atoms with Crippen LogP contribution in [-0.2, 0) is 11.2 Å². The number of benzene rings is 1. The molecule has 0 bridgehead atoms. The van der Waals surface area contributed by atoms with Gasteiger partial charge in [-0.25, -0.2) is 4.39 Å². The maximum atomic E-state index is 13.8. The standard InChI is InChI=1S/C13H17ClFNO/c14-11-2-1-3-12(15)10(11)8-13(9-16)4-6-17-7-5-13/h1-3H,4-9,16H2. The summed E-state index contributed by atoms with van der Waals surface area (Å²) in [6.07, 6.45) is 2.33. The maximum Gasteiger partial charge on any atom is 0.127 e. The molecule has 1 aliphatic rings. The zero-order valence-electron chi connectivity index (χ0n) is 9.72. The predicted molar refractivity (Wildman–Crippen MR) is 66.7 cm³/mol. The van der Waals surface area contributed by atoms with Crippen LogP contribution in [-0.4, -0.2) is 19.8 Å². The van der Waals surface area contributed by atoms with Crippen LogP contribution < -0.4 is 5.73 Å². The highest BCUT2D eigenvalue weighted by molar-refractivity contribution is 6.31. The van der Waals surface area contributed by atoms with Crippen LogP contribution in [0.1, 0.15) is 18.4 Å². The Kier molecular flexibility index (Phi) is 4.02. The molecule has 0 radical (unpaired) electrons. The molecule has 0 saturated carbocycles. The van der Waals surface area contributed by atoms with Gasteiger partial charge in [0.1, 0.15) is 5.82 Å². The first-order valence-corrected chi connectivity index (χ1v) is 6.25. The smallest absolute Gasteiger partial charge is 0.127 e. The Morgan fingerprint density at radius 1 is 1.35 bits per heavy atom.